The number of benzene rings is 3. The molecule has 2 aliphatic heterocycles. The highest BCUT2D eigenvalue weighted by atomic mass is 35.5. The Bertz CT molecular complexity index is 2860. The van der Waals surface area contributed by atoms with E-state index in [0.29, 0.717) is 81.3 Å². The Labute approximate surface area is 411 Å². The number of pyridine rings is 3. The number of carbonyl (C=O) groups excluding carboxylic acids is 3. The predicted octanol–water partition coefficient (Wildman–Crippen LogP) is 8.97. The van der Waals surface area contributed by atoms with E-state index in [-0.39, 0.29) is 35.0 Å². The number of hydrogen-bond donors (Lipinski definition) is 1. The number of carbonyl (C=O) groups is 3. The molecule has 2 amide bonds. The molecule has 4 aromatic heterocycles. The Morgan fingerprint density at radius 3 is 1.66 bits per heavy atom. The Hall–Kier alpha value is -8.19. The average Bonchev–Trinajstić information content (AvgIpc) is 3.68. The van der Waals surface area contributed by atoms with Crippen molar-refractivity contribution in [3.8, 4) is 11.5 Å². The Balaban J connectivity index is 0.000000192. The minimum absolute atomic E-state index is 0.0515. The van der Waals surface area contributed by atoms with Crippen LogP contribution in [0.5, 0.6) is 0 Å². The number of nitrogens with two attached hydrogens (primary N) is 1. The van der Waals surface area contributed by atoms with Crippen LogP contribution in [0.2, 0.25) is 5.15 Å². The Kier molecular flexibility index (Phi) is 17.1. The van der Waals surface area contributed by atoms with Crippen molar-refractivity contribution in [2.24, 2.45) is 0 Å². The summed E-state index contributed by atoms with van der Waals surface area (Å²) >= 11 is 5.38. The van der Waals surface area contributed by atoms with E-state index in [1.54, 1.807) is 48.7 Å². The molecule has 71 heavy (non-hydrogen) atoms. The van der Waals surface area contributed by atoms with Crippen LogP contribution in [0.1, 0.15) is 45.8 Å². The summed E-state index contributed by atoms with van der Waals surface area (Å²) in [5.41, 5.74) is 7.93. The second-order valence-corrected chi connectivity index (χ2v) is 16.7. The van der Waals surface area contributed by atoms with Crippen LogP contribution >= 0.6 is 11.6 Å². The number of Topliss-reactive ketones (excluding diaryl/α,β-unsaturated/α-hetero) is 1. The molecule has 9 rings (SSSR count). The quantitative estimate of drug-likeness (QED) is 0.0558. The lowest BCUT2D eigenvalue weighted by Crippen LogP contribution is -2.33. The fourth-order valence-corrected chi connectivity index (χ4v) is 7.69. The van der Waals surface area contributed by atoms with Crippen molar-refractivity contribution in [3.05, 3.63) is 189 Å². The fourth-order valence-electron chi connectivity index (χ4n) is 7.57. The maximum absolute atomic E-state index is 13.6. The molecule has 0 unspecified atom stereocenters. The van der Waals surface area contributed by atoms with E-state index < -0.39 is 28.3 Å². The number of nitro groups is 1. The topological polar surface area (TPSA) is 198 Å². The Morgan fingerprint density at radius 1 is 0.662 bits per heavy atom. The largest absolute Gasteiger partial charge is 0.437 e. The first-order valence-electron chi connectivity index (χ1n) is 22.4. The average molecular weight is 989 g/mol. The zero-order chi connectivity index (χ0) is 50.3. The highest BCUT2D eigenvalue weighted by molar-refractivity contribution is 6.29. The third-order valence-corrected chi connectivity index (χ3v) is 11.5. The van der Waals surface area contributed by atoms with Crippen molar-refractivity contribution < 1.29 is 36.9 Å². The van der Waals surface area contributed by atoms with Gasteiger partial charge in [0.2, 0.25) is 29.2 Å². The van der Waals surface area contributed by atoms with Gasteiger partial charge in [-0.25, -0.2) is 19.9 Å². The third-order valence-electron chi connectivity index (χ3n) is 11.3. The third kappa shape index (κ3) is 14.4. The van der Waals surface area contributed by atoms with Crippen molar-refractivity contribution in [3.63, 3.8) is 0 Å². The number of aromatic nitrogens is 4. The van der Waals surface area contributed by atoms with Crippen LogP contribution in [0.3, 0.4) is 0 Å². The zero-order valence-corrected chi connectivity index (χ0v) is 39.0. The zero-order valence-electron chi connectivity index (χ0n) is 38.2. The summed E-state index contributed by atoms with van der Waals surface area (Å²) in [4.78, 5) is 71.1. The van der Waals surface area contributed by atoms with Crippen molar-refractivity contribution in [2.45, 2.75) is 38.5 Å². The lowest BCUT2D eigenvalue weighted by Gasteiger charge is -2.23. The summed E-state index contributed by atoms with van der Waals surface area (Å²) in [6, 6.07) is 37.8. The van der Waals surface area contributed by atoms with Crippen LogP contribution < -0.4 is 15.5 Å². The summed E-state index contributed by atoms with van der Waals surface area (Å²) < 4.78 is 46.2. The molecule has 6 heterocycles. The van der Waals surface area contributed by atoms with Crippen LogP contribution in [0.4, 0.5) is 36.2 Å². The first-order valence-corrected chi connectivity index (χ1v) is 22.8. The summed E-state index contributed by atoms with van der Waals surface area (Å²) in [6.07, 6.45) is -0.0933. The highest BCUT2D eigenvalue weighted by Gasteiger charge is 2.41. The van der Waals surface area contributed by atoms with Gasteiger partial charge in [-0.2, -0.15) is 13.2 Å². The SMILES string of the molecule is Nc1ccc(N2CCC(=O)N(Cc3ccccc3)CC2)nc1.O=C(Cc1ccc(N2CCC(=O)N(Cc3ccccc3)CC2)nc1)c1oc(-c2ccccc2)nc1C(F)(F)F.O=[N+]([O-])c1ccc(Cl)nc1. The monoisotopic (exact) mass is 988 g/mol. The highest BCUT2D eigenvalue weighted by Crippen LogP contribution is 2.35. The van der Waals surface area contributed by atoms with Crippen LogP contribution in [0.15, 0.2) is 150 Å². The molecule has 2 fully saturated rings. The van der Waals surface area contributed by atoms with Gasteiger partial charge in [-0.15, -0.1) is 0 Å². The van der Waals surface area contributed by atoms with Gasteiger partial charge in [0.15, 0.2) is 5.69 Å². The Morgan fingerprint density at radius 2 is 1.20 bits per heavy atom. The number of anilines is 3. The minimum atomic E-state index is -4.85. The van der Waals surface area contributed by atoms with E-state index in [0.717, 1.165) is 29.7 Å². The summed E-state index contributed by atoms with van der Waals surface area (Å²) in [5, 5.41) is 10.3. The second-order valence-electron chi connectivity index (χ2n) is 16.3. The molecule has 3 aromatic carbocycles. The number of amides is 2. The molecule has 16 nitrogen and oxygen atoms in total. The van der Waals surface area contributed by atoms with Crippen molar-refractivity contribution in [1.82, 2.24) is 29.7 Å². The summed E-state index contributed by atoms with van der Waals surface area (Å²) in [6.45, 7) is 5.00. The van der Waals surface area contributed by atoms with Gasteiger partial charge >= 0.3 is 6.18 Å². The maximum Gasteiger partial charge on any atom is 0.437 e. The molecule has 0 radical (unpaired) electrons. The minimum Gasteiger partial charge on any atom is -0.432 e. The van der Waals surface area contributed by atoms with Gasteiger partial charge in [0.25, 0.3) is 5.69 Å². The normalized spacial score (nSPS) is 14.1. The predicted molar refractivity (Wildman–Crippen MR) is 261 cm³/mol. The molecule has 2 N–H and O–H groups in total. The smallest absolute Gasteiger partial charge is 0.432 e. The number of hydrogen-bond acceptors (Lipinski definition) is 13. The van der Waals surface area contributed by atoms with E-state index in [4.69, 9.17) is 21.8 Å². The lowest BCUT2D eigenvalue weighted by molar-refractivity contribution is -0.385. The van der Waals surface area contributed by atoms with Crippen LogP contribution in [0, 0.1) is 10.1 Å². The standard InChI is InChI=1S/C29H25F3N4O3.C17H20N4O.C5H3ClN2O2/c30-29(31,32)27-26(39-28(34-27)22-9-5-2-6-10-22)23(37)17-21-11-12-24(33-18-21)35-14-13-25(38)36(16-15-35)19-20-7-3-1-4-8-20;18-15-6-7-16(19-12-15)20-9-8-17(22)21(11-10-20)13-14-4-2-1-3-5-14;6-5-2-1-4(3-7-5)8(9)10/h1-12,18H,13-17,19H2;1-7,12H,8-11,13,18H2;1-3H. The molecule has 20 heteroatoms. The number of ketones is 1. The van der Waals surface area contributed by atoms with Gasteiger partial charge in [-0.3, -0.25) is 24.5 Å². The summed E-state index contributed by atoms with van der Waals surface area (Å²) in [5.74, 6) is -0.172. The molecule has 2 aliphatic rings. The van der Waals surface area contributed by atoms with Crippen LogP contribution in [-0.4, -0.2) is 91.5 Å². The molecule has 0 saturated carbocycles. The molecule has 2 saturated heterocycles. The van der Waals surface area contributed by atoms with Crippen molar-refractivity contribution in [2.75, 3.05) is 54.8 Å². The number of halogens is 4. The molecule has 0 aliphatic carbocycles. The molecular formula is C51H48ClF3N10O6. The van der Waals surface area contributed by atoms with Gasteiger partial charge in [-0.1, -0.05) is 96.5 Å². The van der Waals surface area contributed by atoms with Crippen molar-refractivity contribution in [1.29, 1.82) is 0 Å². The lowest BCUT2D eigenvalue weighted by atomic mass is 10.1. The van der Waals surface area contributed by atoms with Crippen LogP contribution in [-0.2, 0) is 35.3 Å². The second kappa shape index (κ2) is 23.9. The van der Waals surface area contributed by atoms with Gasteiger partial charge in [-0.05, 0) is 53.1 Å². The molecular weight excluding hydrogens is 941 g/mol. The summed E-state index contributed by atoms with van der Waals surface area (Å²) in [7, 11) is 0. The number of alkyl halides is 3. The van der Waals surface area contributed by atoms with E-state index in [2.05, 4.69) is 37.0 Å². The molecule has 366 valence electrons. The molecule has 0 atom stereocenters. The molecule has 0 bridgehead atoms. The molecule has 0 spiro atoms. The van der Waals surface area contributed by atoms with E-state index >= 15 is 0 Å². The molecule has 7 aromatic rings. The van der Waals surface area contributed by atoms with Crippen molar-refractivity contribution >= 4 is 52.2 Å². The first-order chi connectivity index (χ1) is 34.2. The van der Waals surface area contributed by atoms with Gasteiger partial charge in [0.05, 0.1) is 16.8 Å². The number of nitrogen functional groups attached to an aromatic ring is 1. The van der Waals surface area contributed by atoms with E-state index in [1.807, 2.05) is 75.4 Å². The fraction of sp³-hybridized carbons (Fsp3) is 0.235. The number of rotatable bonds is 11. The van der Waals surface area contributed by atoms with Gasteiger partial charge < -0.3 is 29.8 Å². The maximum atomic E-state index is 13.6. The number of nitrogens with zero attached hydrogens (tertiary/aromatic N) is 9. The van der Waals surface area contributed by atoms with Gasteiger partial charge in [0.1, 0.15) is 23.0 Å². The van der Waals surface area contributed by atoms with E-state index in [9.17, 15) is 37.7 Å². The van der Waals surface area contributed by atoms with E-state index in [1.165, 1.54) is 18.3 Å². The number of oxazole rings is 1. The van der Waals surface area contributed by atoms with Crippen LogP contribution in [0.25, 0.3) is 11.5 Å². The van der Waals surface area contributed by atoms with Gasteiger partial charge in [0, 0.05) is 89.4 Å². The first kappa shape index (κ1) is 50.7.